The van der Waals surface area contributed by atoms with Crippen LogP contribution in [0.4, 0.5) is 0 Å². The van der Waals surface area contributed by atoms with Crippen molar-refractivity contribution in [3.63, 3.8) is 0 Å². The van der Waals surface area contributed by atoms with E-state index in [1.54, 1.807) is 18.9 Å². The Kier molecular flexibility index (Phi) is 7.26. The monoisotopic (exact) mass is 365 g/mol. The number of thioether (sulfide) groups is 1. The molecular weight excluding hydrogens is 338 g/mol. The number of carbonyl (C=O) groups is 1. The van der Waals surface area contributed by atoms with Crippen molar-refractivity contribution in [2.75, 3.05) is 12.9 Å². The molecule has 1 amide bonds. The minimum absolute atomic E-state index is 0.0757. The minimum Gasteiger partial charge on any atom is -0.380 e. The van der Waals surface area contributed by atoms with Gasteiger partial charge in [0.25, 0.3) is 0 Å². The number of hydrogen-bond acceptors (Lipinski definition) is 4. The van der Waals surface area contributed by atoms with Crippen molar-refractivity contribution in [2.24, 2.45) is 11.8 Å². The van der Waals surface area contributed by atoms with Gasteiger partial charge in [-0.25, -0.2) is 0 Å². The molecule has 3 nitrogen and oxygen atoms in total. The maximum absolute atomic E-state index is 13.1. The van der Waals surface area contributed by atoms with Crippen molar-refractivity contribution < 1.29 is 9.53 Å². The number of ether oxygens (including phenoxy) is 1. The molecule has 1 aromatic rings. The molecule has 1 saturated heterocycles. The van der Waals surface area contributed by atoms with Gasteiger partial charge in [0, 0.05) is 12.9 Å². The molecule has 0 aromatic heterocycles. The fraction of sp³-hybridized carbons (Fsp3) is 0.579. The molecule has 24 heavy (non-hydrogen) atoms. The van der Waals surface area contributed by atoms with Crippen molar-refractivity contribution in [3.8, 4) is 0 Å². The molecule has 5 heteroatoms. The molecule has 0 saturated carbocycles. The van der Waals surface area contributed by atoms with Crippen LogP contribution in [-0.4, -0.2) is 40.1 Å². The van der Waals surface area contributed by atoms with Crippen LogP contribution in [0, 0.1) is 11.8 Å². The zero-order valence-electron chi connectivity index (χ0n) is 14.9. The lowest BCUT2D eigenvalue weighted by atomic mass is 9.90. The van der Waals surface area contributed by atoms with Crippen LogP contribution < -0.4 is 0 Å². The third kappa shape index (κ3) is 4.38. The number of hydrogen-bond donors (Lipinski definition) is 0. The fourth-order valence-corrected chi connectivity index (χ4v) is 4.71. The van der Waals surface area contributed by atoms with Crippen molar-refractivity contribution in [2.45, 2.75) is 45.8 Å². The second kappa shape index (κ2) is 8.97. The van der Waals surface area contributed by atoms with E-state index in [1.807, 2.05) is 30.0 Å². The third-order valence-corrected chi connectivity index (χ3v) is 6.42. The Morgan fingerprint density at radius 3 is 2.62 bits per heavy atom. The molecule has 0 N–H and O–H groups in total. The van der Waals surface area contributed by atoms with Gasteiger partial charge in [0.05, 0.1) is 18.1 Å². The zero-order valence-corrected chi connectivity index (χ0v) is 16.5. The van der Waals surface area contributed by atoms with E-state index < -0.39 is 0 Å². The quantitative estimate of drug-likeness (QED) is 0.679. The van der Waals surface area contributed by atoms with Gasteiger partial charge < -0.3 is 4.74 Å². The first-order chi connectivity index (χ1) is 11.5. The molecule has 1 aliphatic rings. The molecule has 1 fully saturated rings. The highest BCUT2D eigenvalue weighted by molar-refractivity contribution is 8.23. The van der Waals surface area contributed by atoms with Gasteiger partial charge in [-0.15, -0.1) is 0 Å². The molecule has 0 spiro atoms. The topological polar surface area (TPSA) is 29.5 Å². The molecule has 1 aromatic carbocycles. The van der Waals surface area contributed by atoms with Gasteiger partial charge in [0.15, 0.2) is 0 Å². The highest BCUT2D eigenvalue weighted by Gasteiger charge is 2.39. The lowest BCUT2D eigenvalue weighted by molar-refractivity contribution is -0.138. The summed E-state index contributed by atoms with van der Waals surface area (Å²) >= 11 is 7.08. The maximum Gasteiger partial charge on any atom is 0.233 e. The van der Waals surface area contributed by atoms with Crippen molar-refractivity contribution in [1.29, 1.82) is 0 Å². The Morgan fingerprint density at radius 1 is 1.38 bits per heavy atom. The van der Waals surface area contributed by atoms with E-state index in [1.165, 1.54) is 5.56 Å². The van der Waals surface area contributed by atoms with Crippen LogP contribution in [0.25, 0.3) is 0 Å². The molecule has 2 rings (SSSR count). The summed E-state index contributed by atoms with van der Waals surface area (Å²) in [6.45, 7) is 6.23. The van der Waals surface area contributed by atoms with Crippen LogP contribution in [0.2, 0.25) is 0 Å². The Bertz CT molecular complexity index is 564. The van der Waals surface area contributed by atoms with E-state index in [-0.39, 0.29) is 24.0 Å². The van der Waals surface area contributed by atoms with Gasteiger partial charge in [0.2, 0.25) is 5.91 Å². The molecule has 0 radical (unpaired) electrons. The zero-order chi connectivity index (χ0) is 17.7. The summed E-state index contributed by atoms with van der Waals surface area (Å²) in [6, 6.07) is 10.4. The number of methoxy groups -OCH3 is 1. The number of carbonyl (C=O) groups excluding carboxylic acids is 1. The van der Waals surface area contributed by atoms with Crippen molar-refractivity contribution in [3.05, 3.63) is 35.9 Å². The normalized spacial score (nSPS) is 21.6. The Hall–Kier alpha value is -0.910. The Labute approximate surface area is 155 Å². The van der Waals surface area contributed by atoms with Gasteiger partial charge in [-0.05, 0) is 17.9 Å². The van der Waals surface area contributed by atoms with E-state index in [0.29, 0.717) is 10.2 Å². The number of nitrogens with zero attached hydrogens (tertiary/aromatic N) is 1. The molecule has 1 aliphatic heterocycles. The number of benzene rings is 1. The van der Waals surface area contributed by atoms with E-state index in [4.69, 9.17) is 17.0 Å². The average molecular weight is 366 g/mol. The average Bonchev–Trinajstić information content (AvgIpc) is 2.95. The molecule has 1 heterocycles. The standard InChI is InChI=1S/C19H27NO2S2/c1-5-13(2)17(22-4)14(3)18(21)20-16(12-24-19(20)23)11-15-9-7-6-8-10-15/h6-10,13-14,16-17H,5,11-12H2,1-4H3/t13-,14+,16-,17+/m0/s1. The van der Waals surface area contributed by atoms with Crippen LogP contribution in [-0.2, 0) is 16.0 Å². The summed E-state index contributed by atoms with van der Waals surface area (Å²) in [4.78, 5) is 15.0. The second-order valence-electron chi connectivity index (χ2n) is 6.50. The van der Waals surface area contributed by atoms with Gasteiger partial charge in [-0.3, -0.25) is 9.69 Å². The van der Waals surface area contributed by atoms with E-state index in [9.17, 15) is 4.79 Å². The van der Waals surface area contributed by atoms with Crippen LogP contribution in [0.15, 0.2) is 30.3 Å². The molecule has 0 unspecified atom stereocenters. The molecule has 0 aliphatic carbocycles. The van der Waals surface area contributed by atoms with Crippen molar-refractivity contribution >= 4 is 34.2 Å². The second-order valence-corrected chi connectivity index (χ2v) is 8.16. The van der Waals surface area contributed by atoms with Crippen LogP contribution in [0.5, 0.6) is 0 Å². The largest absolute Gasteiger partial charge is 0.380 e. The summed E-state index contributed by atoms with van der Waals surface area (Å²) in [5.74, 6) is 1.11. The highest BCUT2D eigenvalue weighted by atomic mass is 32.2. The number of rotatable bonds is 7. The highest BCUT2D eigenvalue weighted by Crippen LogP contribution is 2.30. The molecule has 4 atom stereocenters. The Morgan fingerprint density at radius 2 is 2.04 bits per heavy atom. The van der Waals surface area contributed by atoms with E-state index in [0.717, 1.165) is 18.6 Å². The first-order valence-electron chi connectivity index (χ1n) is 8.56. The Balaban J connectivity index is 2.14. The van der Waals surface area contributed by atoms with Crippen molar-refractivity contribution in [1.82, 2.24) is 4.90 Å². The summed E-state index contributed by atoms with van der Waals surface area (Å²) in [5, 5.41) is 0. The first kappa shape index (κ1) is 19.4. The SMILES string of the molecule is CC[C@H](C)[C@@H](OC)[C@@H](C)C(=O)N1C(=S)SC[C@@H]1Cc1ccccc1. The predicted octanol–water partition coefficient (Wildman–Crippen LogP) is 4.16. The van der Waals surface area contributed by atoms with Gasteiger partial charge >= 0.3 is 0 Å². The summed E-state index contributed by atoms with van der Waals surface area (Å²) in [7, 11) is 1.69. The summed E-state index contributed by atoms with van der Waals surface area (Å²) < 4.78 is 6.34. The molecule has 0 bridgehead atoms. The van der Waals surface area contributed by atoms with Crippen LogP contribution >= 0.6 is 24.0 Å². The minimum atomic E-state index is -0.195. The smallest absolute Gasteiger partial charge is 0.233 e. The fourth-order valence-electron chi connectivity index (χ4n) is 3.29. The van der Waals surface area contributed by atoms with E-state index >= 15 is 0 Å². The summed E-state index contributed by atoms with van der Waals surface area (Å²) in [6.07, 6.45) is 1.75. The van der Waals surface area contributed by atoms with Gasteiger partial charge in [-0.2, -0.15) is 0 Å². The lowest BCUT2D eigenvalue weighted by Gasteiger charge is -2.32. The van der Waals surface area contributed by atoms with E-state index in [2.05, 4.69) is 26.0 Å². The number of amides is 1. The van der Waals surface area contributed by atoms with Crippen LogP contribution in [0.1, 0.15) is 32.8 Å². The van der Waals surface area contributed by atoms with Gasteiger partial charge in [0.1, 0.15) is 4.32 Å². The third-order valence-electron chi connectivity index (χ3n) is 4.87. The lowest BCUT2D eigenvalue weighted by Crippen LogP contribution is -2.47. The maximum atomic E-state index is 13.1. The van der Waals surface area contributed by atoms with Crippen LogP contribution in [0.3, 0.4) is 0 Å². The summed E-state index contributed by atoms with van der Waals surface area (Å²) in [5.41, 5.74) is 1.24. The van der Waals surface area contributed by atoms with Gasteiger partial charge in [-0.1, -0.05) is 81.5 Å². The molecule has 132 valence electrons. The predicted molar refractivity (Wildman–Crippen MR) is 105 cm³/mol. The first-order valence-corrected chi connectivity index (χ1v) is 9.95. The molecular formula is C19H27NO2S2. The number of thiocarbonyl (C=S) groups is 1.